The van der Waals surface area contributed by atoms with Crippen LogP contribution in [0.5, 0.6) is 0 Å². The molecule has 0 bridgehead atoms. The van der Waals surface area contributed by atoms with Crippen LogP contribution in [0, 0.1) is 0 Å². The van der Waals surface area contributed by atoms with Crippen LogP contribution in [-0.2, 0) is 0 Å². The molecule has 1 aromatic heterocycles. The average molecular weight is 265 g/mol. The quantitative estimate of drug-likeness (QED) is 0.621. The van der Waals surface area contributed by atoms with E-state index in [0.29, 0.717) is 15.5 Å². The maximum absolute atomic E-state index is 11.8. The van der Waals surface area contributed by atoms with E-state index in [4.69, 9.17) is 11.6 Å². The lowest BCUT2D eigenvalue weighted by molar-refractivity contribution is 0.0896. The summed E-state index contributed by atoms with van der Waals surface area (Å²) in [4.78, 5) is 24.1. The maximum Gasteiger partial charge on any atom is 0.180 e. The summed E-state index contributed by atoms with van der Waals surface area (Å²) in [7, 11) is 0. The van der Waals surface area contributed by atoms with E-state index in [-0.39, 0.29) is 18.0 Å². The van der Waals surface area contributed by atoms with Crippen molar-refractivity contribution in [2.45, 2.75) is 6.42 Å². The summed E-state index contributed by atoms with van der Waals surface area (Å²) in [6.45, 7) is 0. The number of benzene rings is 1. The lowest BCUT2D eigenvalue weighted by atomic mass is 10.1. The van der Waals surface area contributed by atoms with Crippen molar-refractivity contribution in [1.82, 2.24) is 0 Å². The predicted octanol–water partition coefficient (Wildman–Crippen LogP) is 3.86. The first-order valence-corrected chi connectivity index (χ1v) is 6.28. The van der Waals surface area contributed by atoms with Gasteiger partial charge in [0, 0.05) is 10.6 Å². The number of hydrogen-bond acceptors (Lipinski definition) is 3. The minimum Gasteiger partial charge on any atom is -0.294 e. The van der Waals surface area contributed by atoms with Crippen LogP contribution in [0.1, 0.15) is 26.5 Å². The molecule has 2 rings (SSSR count). The Bertz CT molecular complexity index is 529. The molecule has 0 saturated heterocycles. The number of thiophene rings is 1. The summed E-state index contributed by atoms with van der Waals surface area (Å²) in [6.07, 6.45) is -0.0951. The SMILES string of the molecule is O=C(CC(=O)c1cccs1)c1ccc(Cl)cc1. The summed E-state index contributed by atoms with van der Waals surface area (Å²) >= 11 is 7.07. The number of hydrogen-bond donors (Lipinski definition) is 0. The van der Waals surface area contributed by atoms with Crippen molar-refractivity contribution in [3.05, 3.63) is 57.2 Å². The Morgan fingerprint density at radius 2 is 1.76 bits per heavy atom. The predicted molar refractivity (Wildman–Crippen MR) is 69.0 cm³/mol. The van der Waals surface area contributed by atoms with Crippen molar-refractivity contribution in [1.29, 1.82) is 0 Å². The Kier molecular flexibility index (Phi) is 3.71. The normalized spacial score (nSPS) is 10.2. The van der Waals surface area contributed by atoms with Crippen LogP contribution in [-0.4, -0.2) is 11.6 Å². The number of carbonyl (C=O) groups is 2. The molecule has 0 atom stereocenters. The molecular formula is C13H9ClO2S. The topological polar surface area (TPSA) is 34.1 Å². The van der Waals surface area contributed by atoms with Gasteiger partial charge in [-0.05, 0) is 35.7 Å². The molecule has 1 heterocycles. The first-order chi connectivity index (χ1) is 8.16. The van der Waals surface area contributed by atoms with E-state index in [2.05, 4.69) is 0 Å². The Morgan fingerprint density at radius 3 is 2.35 bits per heavy atom. The zero-order chi connectivity index (χ0) is 12.3. The lowest BCUT2D eigenvalue weighted by Gasteiger charge is -1.99. The summed E-state index contributed by atoms with van der Waals surface area (Å²) in [5.74, 6) is -0.319. The van der Waals surface area contributed by atoms with Gasteiger partial charge in [0.05, 0.1) is 11.3 Å². The first kappa shape index (κ1) is 12.0. The van der Waals surface area contributed by atoms with Crippen LogP contribution >= 0.6 is 22.9 Å². The molecule has 86 valence electrons. The number of Topliss-reactive ketones (excluding diaryl/α,β-unsaturated/α-hetero) is 2. The molecule has 0 spiro atoms. The van der Waals surface area contributed by atoms with Crippen molar-refractivity contribution < 1.29 is 9.59 Å². The Labute approximate surface area is 108 Å². The number of halogens is 1. The molecule has 0 unspecified atom stereocenters. The molecular weight excluding hydrogens is 256 g/mol. The van der Waals surface area contributed by atoms with Gasteiger partial charge < -0.3 is 0 Å². The largest absolute Gasteiger partial charge is 0.294 e. The highest BCUT2D eigenvalue weighted by atomic mass is 35.5. The highest BCUT2D eigenvalue weighted by Crippen LogP contribution is 2.15. The van der Waals surface area contributed by atoms with Gasteiger partial charge >= 0.3 is 0 Å². The molecule has 0 fully saturated rings. The van der Waals surface area contributed by atoms with Gasteiger partial charge in [0.2, 0.25) is 0 Å². The Hall–Kier alpha value is -1.45. The van der Waals surface area contributed by atoms with Crippen LogP contribution < -0.4 is 0 Å². The van der Waals surface area contributed by atoms with E-state index in [1.54, 1.807) is 36.4 Å². The fourth-order valence-electron chi connectivity index (χ4n) is 1.41. The molecule has 0 aliphatic rings. The molecule has 0 aliphatic carbocycles. The number of rotatable bonds is 4. The monoisotopic (exact) mass is 264 g/mol. The zero-order valence-electron chi connectivity index (χ0n) is 8.85. The van der Waals surface area contributed by atoms with Crippen LogP contribution in [0.15, 0.2) is 41.8 Å². The molecule has 2 aromatic rings. The summed E-state index contributed by atoms with van der Waals surface area (Å²) in [6, 6.07) is 10.1. The summed E-state index contributed by atoms with van der Waals surface area (Å²) < 4.78 is 0. The Balaban J connectivity index is 2.07. The third-order valence-corrected chi connectivity index (χ3v) is 3.45. The molecule has 2 nitrogen and oxygen atoms in total. The minimum absolute atomic E-state index is 0.0951. The molecule has 0 amide bonds. The molecule has 0 N–H and O–H groups in total. The second-order valence-electron chi connectivity index (χ2n) is 3.51. The third kappa shape index (κ3) is 3.02. The molecule has 0 aliphatic heterocycles. The second kappa shape index (κ2) is 5.25. The van der Waals surface area contributed by atoms with Gasteiger partial charge in [0.15, 0.2) is 11.6 Å². The van der Waals surface area contributed by atoms with Gasteiger partial charge in [-0.2, -0.15) is 0 Å². The summed E-state index contributed by atoms with van der Waals surface area (Å²) in [5, 5.41) is 2.39. The van der Waals surface area contributed by atoms with Crippen LogP contribution in [0.2, 0.25) is 5.02 Å². The fraction of sp³-hybridized carbons (Fsp3) is 0.0769. The van der Waals surface area contributed by atoms with Crippen molar-refractivity contribution in [2.75, 3.05) is 0 Å². The maximum atomic E-state index is 11.8. The van der Waals surface area contributed by atoms with E-state index < -0.39 is 0 Å². The lowest BCUT2D eigenvalue weighted by Crippen LogP contribution is -2.07. The third-order valence-electron chi connectivity index (χ3n) is 2.28. The van der Waals surface area contributed by atoms with Gasteiger partial charge in [-0.1, -0.05) is 17.7 Å². The summed E-state index contributed by atoms with van der Waals surface area (Å²) in [5.41, 5.74) is 0.513. The van der Waals surface area contributed by atoms with Gasteiger partial charge in [0.25, 0.3) is 0 Å². The Morgan fingerprint density at radius 1 is 1.06 bits per heavy atom. The zero-order valence-corrected chi connectivity index (χ0v) is 10.4. The van der Waals surface area contributed by atoms with Crippen molar-refractivity contribution >= 4 is 34.5 Å². The number of ketones is 2. The molecule has 1 aromatic carbocycles. The van der Waals surface area contributed by atoms with E-state index in [0.717, 1.165) is 0 Å². The fourth-order valence-corrected chi connectivity index (χ4v) is 2.20. The second-order valence-corrected chi connectivity index (χ2v) is 4.89. The van der Waals surface area contributed by atoms with E-state index in [9.17, 15) is 9.59 Å². The van der Waals surface area contributed by atoms with E-state index in [1.165, 1.54) is 11.3 Å². The highest BCUT2D eigenvalue weighted by molar-refractivity contribution is 7.12. The van der Waals surface area contributed by atoms with E-state index in [1.807, 2.05) is 5.38 Å². The standard InChI is InChI=1S/C13H9ClO2S/c14-10-5-3-9(4-6-10)11(15)8-12(16)13-2-1-7-17-13/h1-7H,8H2. The highest BCUT2D eigenvalue weighted by Gasteiger charge is 2.14. The van der Waals surface area contributed by atoms with Crippen molar-refractivity contribution in [3.63, 3.8) is 0 Å². The van der Waals surface area contributed by atoms with Crippen molar-refractivity contribution in [2.24, 2.45) is 0 Å². The van der Waals surface area contributed by atoms with Gasteiger partial charge in [-0.3, -0.25) is 9.59 Å². The first-order valence-electron chi connectivity index (χ1n) is 5.02. The number of carbonyl (C=O) groups excluding carboxylic acids is 2. The van der Waals surface area contributed by atoms with Crippen molar-refractivity contribution in [3.8, 4) is 0 Å². The van der Waals surface area contributed by atoms with Gasteiger partial charge in [-0.15, -0.1) is 11.3 Å². The molecule has 4 heteroatoms. The molecule has 0 saturated carbocycles. The van der Waals surface area contributed by atoms with Crippen LogP contribution in [0.3, 0.4) is 0 Å². The molecule has 0 radical (unpaired) electrons. The molecule has 17 heavy (non-hydrogen) atoms. The van der Waals surface area contributed by atoms with Gasteiger partial charge in [0.1, 0.15) is 0 Å². The van der Waals surface area contributed by atoms with E-state index >= 15 is 0 Å². The smallest absolute Gasteiger partial charge is 0.180 e. The van der Waals surface area contributed by atoms with Crippen LogP contribution in [0.25, 0.3) is 0 Å². The minimum atomic E-state index is -0.180. The van der Waals surface area contributed by atoms with Crippen LogP contribution in [0.4, 0.5) is 0 Å². The average Bonchev–Trinajstić information content (AvgIpc) is 2.83. The van der Waals surface area contributed by atoms with Gasteiger partial charge in [-0.25, -0.2) is 0 Å².